The lowest BCUT2D eigenvalue weighted by molar-refractivity contribution is -0.118. The number of hydrogen-bond acceptors (Lipinski definition) is 5. The summed E-state index contributed by atoms with van der Waals surface area (Å²) in [5, 5.41) is 1.70. The zero-order chi connectivity index (χ0) is 23.7. The van der Waals surface area contributed by atoms with Crippen molar-refractivity contribution < 1.29 is 14.3 Å². The molecule has 2 rings (SSSR count). The lowest BCUT2D eigenvalue weighted by atomic mass is 10.1. The molecule has 5 N–H and O–H groups in total. The Hall–Kier alpha value is -2.75. The van der Waals surface area contributed by atoms with Crippen molar-refractivity contribution in [1.82, 2.24) is 10.2 Å². The highest BCUT2D eigenvalue weighted by atomic mass is 32.2. The number of imide groups is 1. The molecule has 170 valence electrons. The van der Waals surface area contributed by atoms with Gasteiger partial charge in [-0.1, -0.05) is 51.6 Å². The first-order valence-electron chi connectivity index (χ1n) is 9.65. The molecule has 1 fully saturated rings. The van der Waals surface area contributed by atoms with Crippen molar-refractivity contribution in [2.24, 2.45) is 21.5 Å². The first kappa shape index (κ1) is 29.5. The number of ether oxygens (including phenoxy) is 1. The van der Waals surface area contributed by atoms with Crippen LogP contribution in [0.2, 0.25) is 0 Å². The summed E-state index contributed by atoms with van der Waals surface area (Å²) >= 11 is 1.05. The Morgan fingerprint density at radius 1 is 1.13 bits per heavy atom. The molecule has 30 heavy (non-hydrogen) atoms. The highest BCUT2D eigenvalue weighted by molar-refractivity contribution is 8.15. The van der Waals surface area contributed by atoms with Gasteiger partial charge in [0.25, 0.3) is 5.24 Å². The quantitative estimate of drug-likeness (QED) is 0.485. The summed E-state index contributed by atoms with van der Waals surface area (Å²) < 4.78 is 5.04. The maximum Gasteiger partial charge on any atom is 0.286 e. The van der Waals surface area contributed by atoms with Crippen LogP contribution in [0, 0.1) is 0 Å². The van der Waals surface area contributed by atoms with Gasteiger partial charge in [0.2, 0.25) is 11.9 Å². The van der Waals surface area contributed by atoms with Gasteiger partial charge in [0.05, 0.1) is 12.4 Å². The van der Waals surface area contributed by atoms with Crippen molar-refractivity contribution in [3.8, 4) is 5.75 Å². The van der Waals surface area contributed by atoms with Crippen molar-refractivity contribution in [3.63, 3.8) is 0 Å². The standard InChI is InChI=1S/C11H11NO3S.C5H13N5.2C2H6/c1-15-8-4-2-7(3-5-8)6-9-10(13)12-11(14)16-9;1-8-4(6)9-5(7)10(2)3;2*1-2/h2-5,9H,6H2,1H3,(H,12,13,14);1-3H3,(H4,6,7,8,9);2*1-2H3. The van der Waals surface area contributed by atoms with Crippen molar-refractivity contribution in [2.45, 2.75) is 39.4 Å². The molecule has 1 aliphatic heterocycles. The number of carbonyl (C=O) groups is 2. The van der Waals surface area contributed by atoms with Crippen molar-refractivity contribution in [1.29, 1.82) is 0 Å². The molecular formula is C20H36N6O3S. The van der Waals surface area contributed by atoms with E-state index >= 15 is 0 Å². The second-order valence-electron chi connectivity index (χ2n) is 5.38. The minimum Gasteiger partial charge on any atom is -0.497 e. The molecule has 10 heteroatoms. The fraction of sp³-hybridized carbons (Fsp3) is 0.500. The Labute approximate surface area is 184 Å². The fourth-order valence-corrected chi connectivity index (χ4v) is 2.63. The number of nitrogens with one attached hydrogen (secondary N) is 1. The highest BCUT2D eigenvalue weighted by Crippen LogP contribution is 2.23. The van der Waals surface area contributed by atoms with Crippen LogP contribution < -0.4 is 21.5 Å². The van der Waals surface area contributed by atoms with Gasteiger partial charge in [-0.2, -0.15) is 4.99 Å². The summed E-state index contributed by atoms with van der Waals surface area (Å²) in [5.41, 5.74) is 11.7. The average molecular weight is 441 g/mol. The molecule has 0 spiro atoms. The third kappa shape index (κ3) is 11.9. The zero-order valence-electron chi connectivity index (χ0n) is 19.2. The van der Waals surface area contributed by atoms with E-state index in [0.717, 1.165) is 23.1 Å². The summed E-state index contributed by atoms with van der Waals surface area (Å²) in [7, 11) is 6.72. The molecule has 0 radical (unpaired) electrons. The minimum atomic E-state index is -0.305. The summed E-state index contributed by atoms with van der Waals surface area (Å²) in [6.07, 6.45) is 0.562. The first-order valence-corrected chi connectivity index (χ1v) is 10.5. The molecule has 1 atom stereocenters. The van der Waals surface area contributed by atoms with Gasteiger partial charge in [-0.15, -0.1) is 0 Å². The van der Waals surface area contributed by atoms with E-state index in [9.17, 15) is 9.59 Å². The molecule has 1 aromatic carbocycles. The molecule has 1 aromatic rings. The molecular weight excluding hydrogens is 404 g/mol. The van der Waals surface area contributed by atoms with Crippen molar-refractivity contribution >= 4 is 34.8 Å². The van der Waals surface area contributed by atoms with Crippen LogP contribution in [0.15, 0.2) is 34.3 Å². The number of methoxy groups -OCH3 is 1. The van der Waals surface area contributed by atoms with E-state index in [-0.39, 0.29) is 22.4 Å². The Kier molecular flexibility index (Phi) is 16.8. The largest absolute Gasteiger partial charge is 0.497 e. The molecule has 0 bridgehead atoms. The van der Waals surface area contributed by atoms with Gasteiger partial charge < -0.3 is 21.1 Å². The maximum absolute atomic E-state index is 11.3. The van der Waals surface area contributed by atoms with Crippen LogP contribution in [0.3, 0.4) is 0 Å². The maximum atomic E-state index is 11.3. The third-order valence-electron chi connectivity index (χ3n) is 3.26. The van der Waals surface area contributed by atoms with Crippen LogP contribution in [0.4, 0.5) is 4.79 Å². The van der Waals surface area contributed by atoms with Gasteiger partial charge in [0, 0.05) is 21.1 Å². The third-order valence-corrected chi connectivity index (χ3v) is 4.24. The van der Waals surface area contributed by atoms with Gasteiger partial charge in [-0.25, -0.2) is 0 Å². The lowest BCUT2D eigenvalue weighted by Gasteiger charge is -2.09. The van der Waals surface area contributed by atoms with Crippen LogP contribution in [0.1, 0.15) is 33.3 Å². The Balaban J connectivity index is 0. The minimum absolute atomic E-state index is 0.186. The van der Waals surface area contributed by atoms with Gasteiger partial charge in [-0.05, 0) is 24.1 Å². The monoisotopic (exact) mass is 440 g/mol. The Morgan fingerprint density at radius 2 is 1.67 bits per heavy atom. The summed E-state index contributed by atoms with van der Waals surface area (Å²) in [5.74, 6) is 1.11. The predicted molar refractivity (Wildman–Crippen MR) is 127 cm³/mol. The van der Waals surface area contributed by atoms with Gasteiger partial charge in [0.1, 0.15) is 5.75 Å². The van der Waals surface area contributed by atoms with Gasteiger partial charge in [-0.3, -0.25) is 19.9 Å². The van der Waals surface area contributed by atoms with Crippen LogP contribution in [0.25, 0.3) is 0 Å². The SMILES string of the molecule is CC.CC.CN=C(N)/N=C(\N)N(C)C.COc1ccc(CC2SC(=O)NC2=O)cc1. The topological polar surface area (TPSA) is 135 Å². The molecule has 1 aliphatic rings. The Morgan fingerprint density at radius 3 is 2.03 bits per heavy atom. The predicted octanol–water partition coefficient (Wildman–Crippen LogP) is 2.45. The lowest BCUT2D eigenvalue weighted by Crippen LogP contribution is -2.32. The highest BCUT2D eigenvalue weighted by Gasteiger charge is 2.31. The van der Waals surface area contributed by atoms with E-state index in [1.165, 1.54) is 0 Å². The number of aliphatic imine (C=N–C) groups is 2. The van der Waals surface area contributed by atoms with Crippen LogP contribution in [-0.4, -0.2) is 61.5 Å². The zero-order valence-corrected chi connectivity index (χ0v) is 20.0. The summed E-state index contributed by atoms with van der Waals surface area (Å²) in [4.78, 5) is 31.3. The molecule has 1 saturated heterocycles. The number of guanidine groups is 2. The average Bonchev–Trinajstić information content (AvgIpc) is 3.08. The number of carbonyl (C=O) groups excluding carboxylic acids is 2. The Bertz CT molecular complexity index is 690. The number of hydrogen-bond donors (Lipinski definition) is 3. The number of thioether (sulfide) groups is 1. The van der Waals surface area contributed by atoms with Gasteiger partial charge >= 0.3 is 0 Å². The smallest absolute Gasteiger partial charge is 0.286 e. The molecule has 1 heterocycles. The summed E-state index contributed by atoms with van der Waals surface area (Å²) in [6, 6.07) is 7.48. The fourth-order valence-electron chi connectivity index (χ4n) is 1.77. The number of amides is 2. The summed E-state index contributed by atoms with van der Waals surface area (Å²) in [6.45, 7) is 8.00. The number of rotatable bonds is 3. The molecule has 9 nitrogen and oxygen atoms in total. The number of nitrogens with two attached hydrogens (primary N) is 2. The molecule has 0 aromatic heterocycles. The van der Waals surface area contributed by atoms with E-state index in [2.05, 4.69) is 15.3 Å². The second-order valence-corrected chi connectivity index (χ2v) is 6.56. The van der Waals surface area contributed by atoms with Gasteiger partial charge in [0.15, 0.2) is 5.96 Å². The van der Waals surface area contributed by atoms with Crippen molar-refractivity contribution in [3.05, 3.63) is 29.8 Å². The number of benzene rings is 1. The molecule has 1 unspecified atom stereocenters. The molecule has 0 saturated carbocycles. The number of nitrogens with zero attached hydrogens (tertiary/aromatic N) is 3. The van der Waals surface area contributed by atoms with E-state index in [4.69, 9.17) is 16.2 Å². The normalized spacial score (nSPS) is 15.4. The first-order chi connectivity index (χ1) is 14.3. The van der Waals surface area contributed by atoms with Crippen LogP contribution in [-0.2, 0) is 11.2 Å². The van der Waals surface area contributed by atoms with E-state index in [1.807, 2.05) is 52.0 Å². The van der Waals surface area contributed by atoms with Crippen LogP contribution >= 0.6 is 11.8 Å². The van der Waals surface area contributed by atoms with E-state index in [0.29, 0.717) is 12.4 Å². The van der Waals surface area contributed by atoms with Crippen molar-refractivity contribution in [2.75, 3.05) is 28.3 Å². The van der Waals surface area contributed by atoms with Crippen LogP contribution in [0.5, 0.6) is 5.75 Å². The second kappa shape index (κ2) is 17.1. The molecule has 0 aliphatic carbocycles. The van der Waals surface area contributed by atoms with E-state index < -0.39 is 0 Å². The molecule has 2 amide bonds. The van der Waals surface area contributed by atoms with E-state index in [1.54, 1.807) is 33.2 Å².